The van der Waals surface area contributed by atoms with Gasteiger partial charge in [-0.3, -0.25) is 0 Å². The highest BCUT2D eigenvalue weighted by Gasteiger charge is 2.19. The van der Waals surface area contributed by atoms with Crippen molar-refractivity contribution < 1.29 is 5.11 Å². The number of rotatable bonds is 2. The lowest BCUT2D eigenvalue weighted by molar-refractivity contribution is 0.477. The van der Waals surface area contributed by atoms with Crippen LogP contribution >= 0.6 is 0 Å². The molecule has 0 aliphatic carbocycles. The Morgan fingerprint density at radius 3 is 2.21 bits per heavy atom. The van der Waals surface area contributed by atoms with E-state index < -0.39 is 0 Å². The van der Waals surface area contributed by atoms with Crippen molar-refractivity contribution >= 4 is 0 Å². The highest BCUT2D eigenvalue weighted by Crippen LogP contribution is 2.36. The second-order valence-electron chi connectivity index (χ2n) is 5.95. The standard InChI is InChI=1S/C25H16N2O/c1-4-5-6-7-8-13-18-27-25(22-16-11-12-17-23(22)28)20(3)24(26-27)21-15-10-9-14-19(21)2/h1,9-12,14-17,28H,2-3H3. The summed E-state index contributed by atoms with van der Waals surface area (Å²) in [4.78, 5) is 0. The van der Waals surface area contributed by atoms with Gasteiger partial charge in [0.1, 0.15) is 5.75 Å². The minimum absolute atomic E-state index is 0.163. The minimum atomic E-state index is 0.163. The molecule has 3 aromatic rings. The first-order chi connectivity index (χ1) is 13.6. The molecule has 1 N–H and O–H groups in total. The summed E-state index contributed by atoms with van der Waals surface area (Å²) in [6.45, 7) is 4.01. The van der Waals surface area contributed by atoms with Gasteiger partial charge in [-0.05, 0) is 49.3 Å². The van der Waals surface area contributed by atoms with Gasteiger partial charge in [0.05, 0.1) is 11.4 Å². The van der Waals surface area contributed by atoms with E-state index in [-0.39, 0.29) is 5.75 Å². The smallest absolute Gasteiger partial charge is 0.125 e. The zero-order valence-corrected chi connectivity index (χ0v) is 15.5. The number of para-hydroxylation sites is 1. The average Bonchev–Trinajstić information content (AvgIpc) is 3.01. The number of phenols is 1. The van der Waals surface area contributed by atoms with Crippen LogP contribution in [0.4, 0.5) is 0 Å². The van der Waals surface area contributed by atoms with E-state index in [2.05, 4.69) is 46.7 Å². The molecule has 28 heavy (non-hydrogen) atoms. The van der Waals surface area contributed by atoms with Gasteiger partial charge in [0.15, 0.2) is 0 Å². The Bertz CT molecular complexity index is 1270. The molecule has 0 unspecified atom stereocenters. The van der Waals surface area contributed by atoms with Gasteiger partial charge in [-0.1, -0.05) is 36.4 Å². The average molecular weight is 360 g/mol. The molecule has 3 nitrogen and oxygen atoms in total. The molecule has 0 amide bonds. The fraction of sp³-hybridized carbons (Fsp3) is 0.0800. The van der Waals surface area contributed by atoms with Crippen LogP contribution in [-0.2, 0) is 0 Å². The molecule has 0 bridgehead atoms. The molecule has 0 saturated heterocycles. The van der Waals surface area contributed by atoms with Crippen LogP contribution in [-0.4, -0.2) is 14.9 Å². The van der Waals surface area contributed by atoms with Gasteiger partial charge in [-0.2, -0.15) is 9.78 Å². The maximum atomic E-state index is 10.4. The Labute approximate surface area is 165 Å². The van der Waals surface area contributed by atoms with Crippen molar-refractivity contribution in [2.75, 3.05) is 0 Å². The zero-order chi connectivity index (χ0) is 19.9. The number of hydrogen-bond donors (Lipinski definition) is 1. The SMILES string of the molecule is C#CC#CC#CC#Cn1nc(-c2ccccc2C)c(C)c1-c1ccccc1O. The number of aryl methyl sites for hydroxylation is 1. The molecular weight excluding hydrogens is 344 g/mol. The predicted molar refractivity (Wildman–Crippen MR) is 112 cm³/mol. The summed E-state index contributed by atoms with van der Waals surface area (Å²) in [7, 11) is 0. The lowest BCUT2D eigenvalue weighted by atomic mass is 9.99. The fourth-order valence-corrected chi connectivity index (χ4v) is 2.87. The summed E-state index contributed by atoms with van der Waals surface area (Å²) in [6.07, 6.45) is 5.05. The zero-order valence-electron chi connectivity index (χ0n) is 15.5. The summed E-state index contributed by atoms with van der Waals surface area (Å²) >= 11 is 0. The Hall–Kier alpha value is -4.31. The Morgan fingerprint density at radius 1 is 0.857 bits per heavy atom. The molecule has 2 aromatic carbocycles. The number of phenolic OH excluding ortho intramolecular Hbond substituents is 1. The van der Waals surface area contributed by atoms with E-state index in [1.165, 1.54) is 0 Å². The van der Waals surface area contributed by atoms with Gasteiger partial charge in [-0.15, -0.1) is 6.42 Å². The van der Waals surface area contributed by atoms with Crippen LogP contribution in [0, 0.1) is 61.8 Å². The van der Waals surface area contributed by atoms with Gasteiger partial charge in [0, 0.05) is 40.5 Å². The van der Waals surface area contributed by atoms with Crippen LogP contribution in [0.15, 0.2) is 48.5 Å². The van der Waals surface area contributed by atoms with Crippen LogP contribution < -0.4 is 0 Å². The molecule has 1 heterocycles. The molecule has 132 valence electrons. The Morgan fingerprint density at radius 2 is 1.50 bits per heavy atom. The van der Waals surface area contributed by atoms with E-state index in [0.717, 1.165) is 28.1 Å². The molecule has 0 aliphatic heterocycles. The van der Waals surface area contributed by atoms with E-state index in [1.807, 2.05) is 50.2 Å². The first-order valence-electron chi connectivity index (χ1n) is 8.54. The molecule has 1 aromatic heterocycles. The third-order valence-electron chi connectivity index (χ3n) is 4.17. The first kappa shape index (κ1) is 18.5. The highest BCUT2D eigenvalue weighted by molar-refractivity contribution is 5.79. The van der Waals surface area contributed by atoms with Crippen LogP contribution in [0.5, 0.6) is 5.75 Å². The minimum Gasteiger partial charge on any atom is -0.507 e. The summed E-state index contributed by atoms with van der Waals surface area (Å²) in [6, 6.07) is 18.1. The number of nitrogens with zero attached hydrogens (tertiary/aromatic N) is 2. The maximum Gasteiger partial charge on any atom is 0.125 e. The monoisotopic (exact) mass is 360 g/mol. The molecule has 0 aliphatic rings. The molecule has 0 radical (unpaired) electrons. The molecule has 0 spiro atoms. The van der Waals surface area contributed by atoms with Crippen LogP contribution in [0.2, 0.25) is 0 Å². The van der Waals surface area contributed by atoms with E-state index in [0.29, 0.717) is 5.56 Å². The van der Waals surface area contributed by atoms with Gasteiger partial charge in [0.2, 0.25) is 0 Å². The van der Waals surface area contributed by atoms with Gasteiger partial charge >= 0.3 is 0 Å². The van der Waals surface area contributed by atoms with E-state index in [1.54, 1.807) is 16.8 Å². The second-order valence-corrected chi connectivity index (χ2v) is 5.95. The van der Waals surface area contributed by atoms with Crippen molar-refractivity contribution in [1.82, 2.24) is 9.78 Å². The molecule has 3 heteroatoms. The normalized spacial score (nSPS) is 9.04. The number of terminal acetylenes is 1. The van der Waals surface area contributed by atoms with Gasteiger partial charge < -0.3 is 5.11 Å². The van der Waals surface area contributed by atoms with Crippen LogP contribution in [0.25, 0.3) is 22.5 Å². The van der Waals surface area contributed by atoms with Crippen molar-refractivity contribution in [3.05, 3.63) is 59.7 Å². The Balaban J connectivity index is 2.20. The third kappa shape index (κ3) is 3.76. The van der Waals surface area contributed by atoms with E-state index >= 15 is 0 Å². The van der Waals surface area contributed by atoms with Gasteiger partial charge in [0.25, 0.3) is 0 Å². The quantitative estimate of drug-likeness (QED) is 0.702. The molecule has 0 fully saturated rings. The molecular formula is C25H16N2O. The summed E-state index contributed by atoms with van der Waals surface area (Å²) in [5.74, 6) is 15.2. The summed E-state index contributed by atoms with van der Waals surface area (Å²) in [5, 5.41) is 15.0. The highest BCUT2D eigenvalue weighted by atomic mass is 16.3. The largest absolute Gasteiger partial charge is 0.507 e. The lowest BCUT2D eigenvalue weighted by Crippen LogP contribution is -1.95. The van der Waals surface area contributed by atoms with Crippen molar-refractivity contribution in [3.8, 4) is 76.3 Å². The topological polar surface area (TPSA) is 38.0 Å². The summed E-state index contributed by atoms with van der Waals surface area (Å²) in [5.41, 5.74) is 5.23. The lowest BCUT2D eigenvalue weighted by Gasteiger charge is -2.06. The van der Waals surface area contributed by atoms with Crippen molar-refractivity contribution in [3.63, 3.8) is 0 Å². The van der Waals surface area contributed by atoms with Crippen LogP contribution in [0.1, 0.15) is 11.1 Å². The second kappa shape index (κ2) is 8.38. The molecule has 0 atom stereocenters. The summed E-state index contributed by atoms with van der Waals surface area (Å²) < 4.78 is 1.55. The predicted octanol–water partition coefficient (Wildman–Crippen LogP) is 3.99. The number of hydrogen-bond acceptors (Lipinski definition) is 2. The number of aromatic hydroxyl groups is 1. The molecule has 0 saturated carbocycles. The number of benzene rings is 2. The maximum absolute atomic E-state index is 10.4. The third-order valence-corrected chi connectivity index (χ3v) is 4.17. The first-order valence-corrected chi connectivity index (χ1v) is 8.54. The number of aromatic nitrogens is 2. The van der Waals surface area contributed by atoms with E-state index in [9.17, 15) is 5.11 Å². The molecule has 3 rings (SSSR count). The van der Waals surface area contributed by atoms with E-state index in [4.69, 9.17) is 6.42 Å². The fourth-order valence-electron chi connectivity index (χ4n) is 2.87. The van der Waals surface area contributed by atoms with Crippen molar-refractivity contribution in [2.45, 2.75) is 13.8 Å². The van der Waals surface area contributed by atoms with Crippen molar-refractivity contribution in [2.24, 2.45) is 0 Å². The van der Waals surface area contributed by atoms with Crippen molar-refractivity contribution in [1.29, 1.82) is 0 Å². The van der Waals surface area contributed by atoms with Crippen LogP contribution in [0.3, 0.4) is 0 Å². The Kier molecular flexibility index (Phi) is 5.53. The van der Waals surface area contributed by atoms with Gasteiger partial charge in [-0.25, -0.2) is 0 Å².